The Kier molecular flexibility index (Phi) is 3.95. The highest BCUT2D eigenvalue weighted by molar-refractivity contribution is 7.20. The van der Waals surface area contributed by atoms with Gasteiger partial charge in [-0.3, -0.25) is 4.79 Å². The van der Waals surface area contributed by atoms with Gasteiger partial charge in [-0.2, -0.15) is 0 Å². The van der Waals surface area contributed by atoms with E-state index in [2.05, 4.69) is 10.3 Å². The van der Waals surface area contributed by atoms with E-state index in [1.165, 1.54) is 28.1 Å². The Morgan fingerprint density at radius 2 is 1.91 bits per heavy atom. The lowest BCUT2D eigenvalue weighted by molar-refractivity contribution is 0.102. The molecule has 3 aromatic rings. The van der Waals surface area contributed by atoms with E-state index >= 15 is 0 Å². The van der Waals surface area contributed by atoms with Gasteiger partial charge >= 0.3 is 0 Å². The highest BCUT2D eigenvalue weighted by atomic mass is 32.1. The van der Waals surface area contributed by atoms with E-state index in [1.54, 1.807) is 0 Å². The number of carbonyl (C=O) groups excluding carboxylic acids is 1. The number of nitrogens with zero attached hydrogens (tertiary/aromatic N) is 1. The van der Waals surface area contributed by atoms with Crippen LogP contribution in [-0.4, -0.2) is 10.9 Å². The normalized spacial score (nSPS) is 10.7. The predicted octanol–water partition coefficient (Wildman–Crippen LogP) is 4.54. The summed E-state index contributed by atoms with van der Waals surface area (Å²) in [5.74, 6) is -5.08. The standard InChI is InChI=1S/C14H7F3N2OS2/c15-7-3-4-8(12(17)11(7)16)18-13(20)9-6-22-14(19-9)10-2-1-5-21-10/h1-6H,(H,18,20). The first-order valence-electron chi connectivity index (χ1n) is 6.00. The molecule has 0 atom stereocenters. The average molecular weight is 340 g/mol. The SMILES string of the molecule is O=C(Nc1ccc(F)c(F)c1F)c1csc(-c2cccs2)n1. The monoisotopic (exact) mass is 340 g/mol. The van der Waals surface area contributed by atoms with E-state index < -0.39 is 29.0 Å². The average Bonchev–Trinajstić information content (AvgIpc) is 3.18. The summed E-state index contributed by atoms with van der Waals surface area (Å²) < 4.78 is 39.5. The van der Waals surface area contributed by atoms with E-state index in [4.69, 9.17) is 0 Å². The van der Waals surface area contributed by atoms with Gasteiger partial charge in [0.25, 0.3) is 5.91 Å². The summed E-state index contributed by atoms with van der Waals surface area (Å²) in [5.41, 5.74) is -0.355. The number of nitrogens with one attached hydrogen (secondary N) is 1. The molecule has 0 saturated heterocycles. The lowest BCUT2D eigenvalue weighted by Crippen LogP contribution is -2.14. The first-order valence-corrected chi connectivity index (χ1v) is 7.76. The quantitative estimate of drug-likeness (QED) is 0.711. The molecule has 1 aromatic carbocycles. The van der Waals surface area contributed by atoms with Crippen LogP contribution in [0.25, 0.3) is 9.88 Å². The smallest absolute Gasteiger partial charge is 0.275 e. The van der Waals surface area contributed by atoms with E-state index in [-0.39, 0.29) is 5.69 Å². The second kappa shape index (κ2) is 5.90. The van der Waals surface area contributed by atoms with Crippen LogP contribution in [0, 0.1) is 17.5 Å². The number of thiophene rings is 1. The molecule has 3 nitrogen and oxygen atoms in total. The fourth-order valence-electron chi connectivity index (χ4n) is 1.70. The van der Waals surface area contributed by atoms with Gasteiger partial charge in [-0.15, -0.1) is 22.7 Å². The number of hydrogen-bond acceptors (Lipinski definition) is 4. The molecule has 1 N–H and O–H groups in total. The summed E-state index contributed by atoms with van der Waals surface area (Å²) in [7, 11) is 0. The van der Waals surface area contributed by atoms with Crippen LogP contribution in [0.4, 0.5) is 18.9 Å². The van der Waals surface area contributed by atoms with Gasteiger partial charge in [0.1, 0.15) is 10.7 Å². The van der Waals surface area contributed by atoms with Crippen molar-refractivity contribution < 1.29 is 18.0 Å². The van der Waals surface area contributed by atoms with Crippen molar-refractivity contribution in [3.05, 3.63) is 58.2 Å². The minimum absolute atomic E-state index is 0.0810. The van der Waals surface area contributed by atoms with Gasteiger partial charge < -0.3 is 5.32 Å². The summed E-state index contributed by atoms with van der Waals surface area (Å²) in [6.45, 7) is 0. The van der Waals surface area contributed by atoms with E-state index in [9.17, 15) is 18.0 Å². The minimum Gasteiger partial charge on any atom is -0.318 e. The number of thiazole rings is 1. The van der Waals surface area contributed by atoms with Gasteiger partial charge in [0, 0.05) is 5.38 Å². The summed E-state index contributed by atoms with van der Waals surface area (Å²) in [6.07, 6.45) is 0. The van der Waals surface area contributed by atoms with Crippen molar-refractivity contribution in [3.8, 4) is 9.88 Å². The van der Waals surface area contributed by atoms with Crippen molar-refractivity contribution >= 4 is 34.3 Å². The lowest BCUT2D eigenvalue weighted by atomic mass is 10.2. The molecule has 1 amide bonds. The Labute approximate surface area is 131 Å². The van der Waals surface area contributed by atoms with Crippen LogP contribution in [0.2, 0.25) is 0 Å². The Morgan fingerprint density at radius 3 is 2.64 bits per heavy atom. The van der Waals surface area contributed by atoms with Crippen LogP contribution in [0.1, 0.15) is 10.5 Å². The lowest BCUT2D eigenvalue weighted by Gasteiger charge is -2.05. The number of amides is 1. The van der Waals surface area contributed by atoms with Crippen LogP contribution in [0.5, 0.6) is 0 Å². The number of halogens is 3. The summed E-state index contributed by atoms with van der Waals surface area (Å²) in [5, 5.41) is 6.24. The minimum atomic E-state index is -1.63. The number of anilines is 1. The maximum atomic E-state index is 13.5. The van der Waals surface area contributed by atoms with Crippen molar-refractivity contribution in [2.45, 2.75) is 0 Å². The fraction of sp³-hybridized carbons (Fsp3) is 0. The van der Waals surface area contributed by atoms with Gasteiger partial charge in [-0.25, -0.2) is 18.2 Å². The predicted molar refractivity (Wildman–Crippen MR) is 79.7 cm³/mol. The van der Waals surface area contributed by atoms with Gasteiger partial charge in [0.05, 0.1) is 10.6 Å². The molecule has 3 rings (SSSR count). The maximum Gasteiger partial charge on any atom is 0.275 e. The Hall–Kier alpha value is -2.19. The molecule has 0 aliphatic rings. The topological polar surface area (TPSA) is 42.0 Å². The van der Waals surface area contributed by atoms with E-state index in [0.717, 1.165) is 17.0 Å². The molecule has 0 bridgehead atoms. The third-order valence-electron chi connectivity index (χ3n) is 2.75. The fourth-order valence-corrected chi connectivity index (χ4v) is 3.31. The summed E-state index contributed by atoms with van der Waals surface area (Å²) in [6, 6.07) is 5.42. The number of aromatic nitrogens is 1. The molecule has 0 aliphatic carbocycles. The number of hydrogen-bond donors (Lipinski definition) is 1. The molecule has 2 aromatic heterocycles. The number of benzene rings is 1. The maximum absolute atomic E-state index is 13.5. The van der Waals surface area contributed by atoms with Crippen LogP contribution >= 0.6 is 22.7 Å². The second-order valence-electron chi connectivity index (χ2n) is 4.19. The molecule has 8 heteroatoms. The highest BCUT2D eigenvalue weighted by Gasteiger charge is 2.18. The van der Waals surface area contributed by atoms with Crippen LogP contribution < -0.4 is 5.32 Å². The van der Waals surface area contributed by atoms with Crippen molar-refractivity contribution in [1.82, 2.24) is 4.98 Å². The zero-order chi connectivity index (χ0) is 15.7. The van der Waals surface area contributed by atoms with Gasteiger partial charge in [-0.1, -0.05) is 6.07 Å². The van der Waals surface area contributed by atoms with Crippen molar-refractivity contribution in [3.63, 3.8) is 0 Å². The number of carbonyl (C=O) groups is 1. The van der Waals surface area contributed by atoms with Gasteiger partial charge in [0.2, 0.25) is 0 Å². The first-order chi connectivity index (χ1) is 10.6. The Balaban J connectivity index is 1.82. The molecule has 0 saturated carbocycles. The van der Waals surface area contributed by atoms with Gasteiger partial charge in [0.15, 0.2) is 17.5 Å². The zero-order valence-corrected chi connectivity index (χ0v) is 12.4. The molecule has 0 unspecified atom stereocenters. The van der Waals surface area contributed by atoms with Crippen LogP contribution in [-0.2, 0) is 0 Å². The second-order valence-corrected chi connectivity index (χ2v) is 6.00. The Morgan fingerprint density at radius 1 is 1.09 bits per heavy atom. The number of rotatable bonds is 3. The Bertz CT molecular complexity index is 831. The molecule has 0 aliphatic heterocycles. The zero-order valence-electron chi connectivity index (χ0n) is 10.8. The molecule has 0 spiro atoms. The molecule has 22 heavy (non-hydrogen) atoms. The summed E-state index contributed by atoms with van der Waals surface area (Å²) >= 11 is 2.74. The summed E-state index contributed by atoms with van der Waals surface area (Å²) in [4.78, 5) is 17.0. The van der Waals surface area contributed by atoms with Crippen molar-refractivity contribution in [2.75, 3.05) is 5.32 Å². The van der Waals surface area contributed by atoms with Crippen LogP contribution in [0.3, 0.4) is 0 Å². The van der Waals surface area contributed by atoms with Crippen molar-refractivity contribution in [2.24, 2.45) is 0 Å². The molecule has 2 heterocycles. The molecule has 0 fully saturated rings. The third kappa shape index (κ3) is 2.75. The van der Waals surface area contributed by atoms with E-state index in [1.807, 2.05) is 17.5 Å². The molecular weight excluding hydrogens is 333 g/mol. The largest absolute Gasteiger partial charge is 0.318 e. The third-order valence-corrected chi connectivity index (χ3v) is 4.63. The highest BCUT2D eigenvalue weighted by Crippen LogP contribution is 2.28. The first kappa shape index (κ1) is 14.7. The molecule has 112 valence electrons. The van der Waals surface area contributed by atoms with E-state index in [0.29, 0.717) is 5.01 Å². The van der Waals surface area contributed by atoms with Crippen molar-refractivity contribution in [1.29, 1.82) is 0 Å². The van der Waals surface area contributed by atoms with Gasteiger partial charge in [-0.05, 0) is 23.6 Å². The molecular formula is C14H7F3N2OS2. The van der Waals surface area contributed by atoms with Crippen LogP contribution in [0.15, 0.2) is 35.0 Å². The molecule has 0 radical (unpaired) electrons.